The number of thioether (sulfide) groups is 1. The van der Waals surface area contributed by atoms with Crippen molar-refractivity contribution in [3.63, 3.8) is 0 Å². The van der Waals surface area contributed by atoms with Gasteiger partial charge in [-0.2, -0.15) is 0 Å². The van der Waals surface area contributed by atoms with E-state index in [1.807, 2.05) is 12.3 Å². The fourth-order valence-corrected chi connectivity index (χ4v) is 3.40. The molecule has 104 valence electrons. The van der Waals surface area contributed by atoms with E-state index in [0.717, 1.165) is 16.0 Å². The molecule has 0 aromatic heterocycles. The van der Waals surface area contributed by atoms with E-state index in [9.17, 15) is 4.79 Å². The topological polar surface area (TPSA) is 17.1 Å². The number of rotatable bonds is 3. The van der Waals surface area contributed by atoms with Crippen LogP contribution in [0.3, 0.4) is 0 Å². The number of aryl methyl sites for hydroxylation is 3. The first-order valence-corrected chi connectivity index (χ1v) is 7.93. The van der Waals surface area contributed by atoms with Crippen molar-refractivity contribution < 1.29 is 4.79 Å². The second-order valence-electron chi connectivity index (χ2n) is 5.24. The van der Waals surface area contributed by atoms with E-state index in [2.05, 4.69) is 45.0 Å². The van der Waals surface area contributed by atoms with E-state index >= 15 is 0 Å². The average Bonchev–Trinajstić information content (AvgIpc) is 2.37. The third-order valence-corrected chi connectivity index (χ3v) is 4.34. The first kappa shape index (κ1) is 14.9. The summed E-state index contributed by atoms with van der Waals surface area (Å²) < 4.78 is 0. The lowest BCUT2D eigenvalue weighted by molar-refractivity contribution is 0.101. The van der Waals surface area contributed by atoms with Crippen molar-refractivity contribution in [1.29, 1.82) is 0 Å². The summed E-state index contributed by atoms with van der Waals surface area (Å²) in [5.41, 5.74) is 6.97. The number of Topliss-reactive ketones (excluding diaryl/α,β-unsaturated/α-hetero) is 1. The highest BCUT2D eigenvalue weighted by atomic mass is 32.2. The zero-order valence-electron chi connectivity index (χ0n) is 12.7. The lowest BCUT2D eigenvalue weighted by Crippen LogP contribution is -1.97. The molecule has 0 spiro atoms. The van der Waals surface area contributed by atoms with Gasteiger partial charge in [0.1, 0.15) is 0 Å². The largest absolute Gasteiger partial charge is 0.294 e. The number of hydrogen-bond acceptors (Lipinski definition) is 2. The summed E-state index contributed by atoms with van der Waals surface area (Å²) in [6, 6.07) is 10.6. The molecule has 0 aliphatic carbocycles. The number of hydrogen-bond donors (Lipinski definition) is 0. The first-order chi connectivity index (χ1) is 9.43. The third-order valence-electron chi connectivity index (χ3n) is 3.54. The van der Waals surface area contributed by atoms with Crippen LogP contribution in [0.25, 0.3) is 11.1 Å². The van der Waals surface area contributed by atoms with E-state index in [-0.39, 0.29) is 5.78 Å². The Bertz CT molecular complexity index is 648. The first-order valence-electron chi connectivity index (χ1n) is 6.71. The van der Waals surface area contributed by atoms with E-state index in [1.54, 1.807) is 18.7 Å². The maximum atomic E-state index is 11.8. The van der Waals surface area contributed by atoms with Crippen LogP contribution in [-0.4, -0.2) is 12.0 Å². The van der Waals surface area contributed by atoms with Crippen LogP contribution in [0.15, 0.2) is 35.2 Å². The zero-order chi connectivity index (χ0) is 14.9. The molecule has 0 atom stereocenters. The molecule has 0 aliphatic heterocycles. The summed E-state index contributed by atoms with van der Waals surface area (Å²) in [6.07, 6.45) is 2.00. The van der Waals surface area contributed by atoms with Gasteiger partial charge >= 0.3 is 0 Å². The maximum Gasteiger partial charge on any atom is 0.160 e. The van der Waals surface area contributed by atoms with Crippen LogP contribution in [0.2, 0.25) is 0 Å². The van der Waals surface area contributed by atoms with Gasteiger partial charge < -0.3 is 0 Å². The second kappa shape index (κ2) is 5.84. The van der Waals surface area contributed by atoms with Crippen LogP contribution < -0.4 is 0 Å². The minimum atomic E-state index is 0.124. The van der Waals surface area contributed by atoms with E-state index in [1.165, 1.54) is 22.3 Å². The van der Waals surface area contributed by atoms with E-state index in [4.69, 9.17) is 0 Å². The molecular weight excluding hydrogens is 264 g/mol. The normalized spacial score (nSPS) is 10.7. The SMILES string of the molecule is CSc1ccc(-c2c(C)cc(C)cc2C)cc1C(C)=O. The molecule has 0 saturated carbocycles. The monoisotopic (exact) mass is 284 g/mol. The number of carbonyl (C=O) groups excluding carboxylic acids is 1. The Morgan fingerprint density at radius 1 is 1.00 bits per heavy atom. The molecule has 2 aromatic rings. The molecular formula is C18H20OS. The average molecular weight is 284 g/mol. The molecule has 1 nitrogen and oxygen atoms in total. The van der Waals surface area contributed by atoms with Crippen molar-refractivity contribution in [3.8, 4) is 11.1 Å². The molecule has 2 aromatic carbocycles. The predicted octanol–water partition coefficient (Wildman–Crippen LogP) is 5.20. The summed E-state index contributed by atoms with van der Waals surface area (Å²) in [6.45, 7) is 8.01. The molecule has 0 heterocycles. The van der Waals surface area contributed by atoms with Crippen LogP contribution in [0.4, 0.5) is 0 Å². The third kappa shape index (κ3) is 2.80. The Kier molecular flexibility index (Phi) is 4.34. The molecule has 0 saturated heterocycles. The van der Waals surface area contributed by atoms with Gasteiger partial charge in [-0.3, -0.25) is 4.79 Å². The Balaban J connectivity index is 2.65. The highest BCUT2D eigenvalue weighted by Crippen LogP contribution is 2.32. The zero-order valence-corrected chi connectivity index (χ0v) is 13.5. The van der Waals surface area contributed by atoms with Gasteiger partial charge in [0.25, 0.3) is 0 Å². The lowest BCUT2D eigenvalue weighted by Gasteiger charge is -2.14. The highest BCUT2D eigenvalue weighted by Gasteiger charge is 2.12. The van der Waals surface area contributed by atoms with E-state index in [0.29, 0.717) is 0 Å². The summed E-state index contributed by atoms with van der Waals surface area (Å²) in [7, 11) is 0. The van der Waals surface area contributed by atoms with Crippen molar-refractivity contribution in [2.24, 2.45) is 0 Å². The summed E-state index contributed by atoms with van der Waals surface area (Å²) in [5, 5.41) is 0. The molecule has 2 heteroatoms. The predicted molar refractivity (Wildman–Crippen MR) is 87.9 cm³/mol. The van der Waals surface area contributed by atoms with Crippen molar-refractivity contribution >= 4 is 17.5 Å². The van der Waals surface area contributed by atoms with Crippen molar-refractivity contribution in [1.82, 2.24) is 0 Å². The molecule has 0 unspecified atom stereocenters. The van der Waals surface area contributed by atoms with Gasteiger partial charge in [0, 0.05) is 10.5 Å². The van der Waals surface area contributed by atoms with Gasteiger partial charge in [0.05, 0.1) is 0 Å². The molecule has 0 aliphatic rings. The fraction of sp³-hybridized carbons (Fsp3) is 0.278. The second-order valence-corrected chi connectivity index (χ2v) is 6.09. The molecule has 0 bridgehead atoms. The van der Waals surface area contributed by atoms with Crippen molar-refractivity contribution in [2.75, 3.05) is 6.26 Å². The highest BCUT2D eigenvalue weighted by molar-refractivity contribution is 7.98. The standard InChI is InChI=1S/C18H20OS/c1-11-8-12(2)18(13(3)9-11)15-6-7-17(20-5)16(10-15)14(4)19/h6-10H,1-5H3. The van der Waals surface area contributed by atoms with Gasteiger partial charge in [0.15, 0.2) is 5.78 Å². The fourth-order valence-electron chi connectivity index (χ4n) is 2.77. The van der Waals surface area contributed by atoms with Gasteiger partial charge in [0.2, 0.25) is 0 Å². The molecule has 0 fully saturated rings. The molecule has 2 rings (SSSR count). The quantitative estimate of drug-likeness (QED) is 0.569. The number of benzene rings is 2. The molecule has 0 N–H and O–H groups in total. The Morgan fingerprint density at radius 3 is 2.10 bits per heavy atom. The van der Waals surface area contributed by atoms with Crippen molar-refractivity contribution in [3.05, 3.63) is 52.6 Å². The van der Waals surface area contributed by atoms with Crippen LogP contribution in [0.1, 0.15) is 34.0 Å². The van der Waals surface area contributed by atoms with E-state index < -0.39 is 0 Å². The van der Waals surface area contributed by atoms with Crippen LogP contribution >= 0.6 is 11.8 Å². The number of carbonyl (C=O) groups is 1. The summed E-state index contributed by atoms with van der Waals surface area (Å²) >= 11 is 1.62. The Labute approximate surface area is 125 Å². The van der Waals surface area contributed by atoms with Crippen LogP contribution in [-0.2, 0) is 0 Å². The van der Waals surface area contributed by atoms with Crippen LogP contribution in [0, 0.1) is 20.8 Å². The summed E-state index contributed by atoms with van der Waals surface area (Å²) in [5.74, 6) is 0.124. The molecule has 0 radical (unpaired) electrons. The Morgan fingerprint density at radius 2 is 1.60 bits per heavy atom. The Hall–Kier alpha value is -1.54. The molecule has 20 heavy (non-hydrogen) atoms. The van der Waals surface area contributed by atoms with Gasteiger partial charge in [-0.25, -0.2) is 0 Å². The maximum absolute atomic E-state index is 11.8. The van der Waals surface area contributed by atoms with Crippen LogP contribution in [0.5, 0.6) is 0 Å². The summed E-state index contributed by atoms with van der Waals surface area (Å²) in [4.78, 5) is 12.9. The van der Waals surface area contributed by atoms with Gasteiger partial charge in [-0.15, -0.1) is 11.8 Å². The van der Waals surface area contributed by atoms with Crippen molar-refractivity contribution in [2.45, 2.75) is 32.6 Å². The smallest absolute Gasteiger partial charge is 0.160 e. The minimum absolute atomic E-state index is 0.124. The minimum Gasteiger partial charge on any atom is -0.294 e. The van der Waals surface area contributed by atoms with Gasteiger partial charge in [-0.05, 0) is 68.3 Å². The lowest BCUT2D eigenvalue weighted by atomic mass is 9.92. The van der Waals surface area contributed by atoms with Gasteiger partial charge in [-0.1, -0.05) is 23.8 Å². The number of ketones is 1. The molecule has 0 amide bonds.